The third-order valence-electron chi connectivity index (χ3n) is 4.70. The van der Waals surface area contributed by atoms with Crippen molar-refractivity contribution in [2.45, 2.75) is 31.8 Å². The first-order valence-electron chi connectivity index (χ1n) is 8.72. The summed E-state index contributed by atoms with van der Waals surface area (Å²) in [6, 6.07) is 9.62. The predicted molar refractivity (Wildman–Crippen MR) is 98.9 cm³/mol. The predicted octanol–water partition coefficient (Wildman–Crippen LogP) is 2.39. The summed E-state index contributed by atoms with van der Waals surface area (Å²) in [6.45, 7) is 3.29. The zero-order valence-electron chi connectivity index (χ0n) is 13.9. The van der Waals surface area contributed by atoms with Gasteiger partial charge in [0, 0.05) is 37.8 Å². The Bertz CT molecular complexity index is 553. The van der Waals surface area contributed by atoms with Crippen LogP contribution in [0.5, 0.6) is 0 Å². The topological polar surface area (TPSA) is 53.6 Å². The fourth-order valence-electron chi connectivity index (χ4n) is 3.23. The number of carbonyl (C=O) groups excluding carboxylic acids is 1. The van der Waals surface area contributed by atoms with Crippen LogP contribution in [0.1, 0.15) is 25.7 Å². The average molecular weight is 347 g/mol. The first-order chi connectivity index (χ1) is 11.7. The molecule has 24 heavy (non-hydrogen) atoms. The molecule has 2 aliphatic heterocycles. The number of hydrogen-bond donors (Lipinski definition) is 2. The van der Waals surface area contributed by atoms with E-state index in [9.17, 15) is 4.79 Å². The lowest BCUT2D eigenvalue weighted by Crippen LogP contribution is -2.47. The van der Waals surface area contributed by atoms with Crippen molar-refractivity contribution < 1.29 is 9.53 Å². The number of amides is 1. The highest BCUT2D eigenvalue weighted by Gasteiger charge is 2.26. The Morgan fingerprint density at radius 1 is 1.21 bits per heavy atom. The molecule has 6 heteroatoms. The number of hydrogen-bond acceptors (Lipinski definition) is 3. The molecule has 5 nitrogen and oxygen atoms in total. The van der Waals surface area contributed by atoms with Gasteiger partial charge in [0.1, 0.15) is 0 Å². The van der Waals surface area contributed by atoms with Crippen molar-refractivity contribution in [3.05, 3.63) is 30.3 Å². The molecule has 1 aromatic carbocycles. The summed E-state index contributed by atoms with van der Waals surface area (Å²) in [5, 5.41) is 7.09. The lowest BCUT2D eigenvalue weighted by atomic mass is 9.96. The van der Waals surface area contributed by atoms with E-state index < -0.39 is 0 Å². The Morgan fingerprint density at radius 2 is 1.96 bits per heavy atom. The summed E-state index contributed by atoms with van der Waals surface area (Å²) < 4.78 is 5.60. The van der Waals surface area contributed by atoms with Crippen LogP contribution in [0.3, 0.4) is 0 Å². The van der Waals surface area contributed by atoms with Gasteiger partial charge in [-0.05, 0) is 50.0 Å². The van der Waals surface area contributed by atoms with Gasteiger partial charge in [0.15, 0.2) is 5.11 Å². The van der Waals surface area contributed by atoms with E-state index in [1.54, 1.807) is 0 Å². The molecule has 2 heterocycles. The van der Waals surface area contributed by atoms with Crippen LogP contribution in [0.25, 0.3) is 0 Å². The lowest BCUT2D eigenvalue weighted by molar-refractivity contribution is -0.120. The van der Waals surface area contributed by atoms with E-state index in [0.29, 0.717) is 0 Å². The number of thiocarbonyl (C=S) groups is 1. The Balaban J connectivity index is 1.40. The molecule has 130 valence electrons. The van der Waals surface area contributed by atoms with Crippen molar-refractivity contribution in [2.75, 3.05) is 31.6 Å². The molecule has 2 aliphatic rings. The number of ether oxygens (including phenoxy) is 1. The highest BCUT2D eigenvalue weighted by atomic mass is 32.1. The summed E-state index contributed by atoms with van der Waals surface area (Å²) in [5.41, 5.74) is 0.860. The van der Waals surface area contributed by atoms with Crippen LogP contribution in [0.2, 0.25) is 0 Å². The van der Waals surface area contributed by atoms with Crippen LogP contribution < -0.4 is 10.6 Å². The van der Waals surface area contributed by atoms with E-state index in [-0.39, 0.29) is 17.9 Å². The van der Waals surface area contributed by atoms with Crippen LogP contribution >= 0.6 is 12.2 Å². The van der Waals surface area contributed by atoms with Crippen molar-refractivity contribution >= 4 is 28.9 Å². The number of nitrogens with one attached hydrogen (secondary N) is 2. The number of piperidine rings is 1. The lowest BCUT2D eigenvalue weighted by Gasteiger charge is -2.33. The molecule has 2 N–H and O–H groups in total. The van der Waals surface area contributed by atoms with Crippen molar-refractivity contribution in [1.29, 1.82) is 0 Å². The Labute approximate surface area is 148 Å². The van der Waals surface area contributed by atoms with Crippen LogP contribution in [0, 0.1) is 5.92 Å². The van der Waals surface area contributed by atoms with E-state index in [2.05, 4.69) is 15.5 Å². The van der Waals surface area contributed by atoms with Gasteiger partial charge in [-0.1, -0.05) is 18.2 Å². The van der Waals surface area contributed by atoms with Gasteiger partial charge in [0.05, 0.1) is 6.10 Å². The number of benzene rings is 1. The first kappa shape index (κ1) is 17.2. The molecule has 1 atom stereocenters. The minimum Gasteiger partial charge on any atom is -0.376 e. The summed E-state index contributed by atoms with van der Waals surface area (Å²) >= 11 is 5.48. The molecular formula is C18H25N3O2S. The number of likely N-dealkylation sites (tertiary alicyclic amines) is 1. The van der Waals surface area contributed by atoms with Gasteiger partial charge in [-0.3, -0.25) is 4.79 Å². The van der Waals surface area contributed by atoms with Crippen LogP contribution in [-0.2, 0) is 9.53 Å². The van der Waals surface area contributed by atoms with E-state index in [0.717, 1.165) is 62.7 Å². The molecule has 0 radical (unpaired) electrons. The third kappa shape index (κ3) is 4.68. The zero-order valence-corrected chi connectivity index (χ0v) is 14.7. The van der Waals surface area contributed by atoms with Crippen molar-refractivity contribution in [2.24, 2.45) is 5.92 Å². The van der Waals surface area contributed by atoms with Crippen LogP contribution in [-0.4, -0.2) is 48.3 Å². The molecule has 0 saturated carbocycles. The molecule has 0 spiro atoms. The van der Waals surface area contributed by atoms with Gasteiger partial charge in [-0.25, -0.2) is 0 Å². The number of rotatable bonds is 4. The Morgan fingerprint density at radius 3 is 2.62 bits per heavy atom. The fourth-order valence-corrected chi connectivity index (χ4v) is 3.49. The Hall–Kier alpha value is -1.66. The largest absolute Gasteiger partial charge is 0.376 e. The highest BCUT2D eigenvalue weighted by molar-refractivity contribution is 7.80. The molecule has 0 aromatic heterocycles. The summed E-state index contributed by atoms with van der Waals surface area (Å²) in [5.74, 6) is 0.168. The van der Waals surface area contributed by atoms with Crippen molar-refractivity contribution in [3.63, 3.8) is 0 Å². The fraction of sp³-hybridized carbons (Fsp3) is 0.556. The summed E-state index contributed by atoms with van der Waals surface area (Å²) in [4.78, 5) is 14.5. The first-order valence-corrected chi connectivity index (χ1v) is 9.13. The number of anilines is 1. The van der Waals surface area contributed by atoms with Crippen LogP contribution in [0.4, 0.5) is 5.69 Å². The second-order valence-electron chi connectivity index (χ2n) is 6.44. The molecule has 0 aliphatic carbocycles. The van der Waals surface area contributed by atoms with Gasteiger partial charge in [0.2, 0.25) is 5.91 Å². The second kappa shape index (κ2) is 8.44. The number of para-hydroxylation sites is 1. The zero-order chi connectivity index (χ0) is 16.8. The molecule has 2 saturated heterocycles. The molecule has 0 unspecified atom stereocenters. The quantitative estimate of drug-likeness (QED) is 0.819. The van der Waals surface area contributed by atoms with Gasteiger partial charge >= 0.3 is 0 Å². The van der Waals surface area contributed by atoms with E-state index >= 15 is 0 Å². The van der Waals surface area contributed by atoms with Gasteiger partial charge in [-0.2, -0.15) is 0 Å². The van der Waals surface area contributed by atoms with Crippen LogP contribution in [0.15, 0.2) is 30.3 Å². The summed E-state index contributed by atoms with van der Waals surface area (Å²) in [6.07, 6.45) is 4.20. The van der Waals surface area contributed by atoms with E-state index in [4.69, 9.17) is 17.0 Å². The normalized spacial score (nSPS) is 21.5. The maximum atomic E-state index is 12.3. The molecule has 1 aromatic rings. The third-order valence-corrected chi connectivity index (χ3v) is 5.10. The maximum absolute atomic E-state index is 12.3. The molecule has 1 amide bonds. The second-order valence-corrected chi connectivity index (χ2v) is 6.82. The summed E-state index contributed by atoms with van der Waals surface area (Å²) in [7, 11) is 0. The standard InChI is InChI=1S/C18H25N3O2S/c22-17(20-15-5-2-1-3-6-15)14-8-10-21(11-9-14)18(24)19-13-16-7-4-12-23-16/h1-3,5-6,14,16H,4,7-13H2,(H,19,24)(H,20,22)/t16-/m0/s1. The van der Waals surface area contributed by atoms with E-state index in [1.165, 1.54) is 0 Å². The van der Waals surface area contributed by atoms with Gasteiger partial charge < -0.3 is 20.3 Å². The monoisotopic (exact) mass is 347 g/mol. The average Bonchev–Trinajstić information content (AvgIpc) is 3.14. The maximum Gasteiger partial charge on any atom is 0.227 e. The molecule has 0 bridgehead atoms. The Kier molecular flexibility index (Phi) is 6.04. The smallest absolute Gasteiger partial charge is 0.227 e. The number of carbonyl (C=O) groups is 1. The molecule has 2 fully saturated rings. The van der Waals surface area contributed by atoms with Gasteiger partial charge in [-0.15, -0.1) is 0 Å². The highest BCUT2D eigenvalue weighted by Crippen LogP contribution is 2.20. The van der Waals surface area contributed by atoms with E-state index in [1.807, 2.05) is 30.3 Å². The van der Waals surface area contributed by atoms with Crippen molar-refractivity contribution in [3.8, 4) is 0 Å². The molecular weight excluding hydrogens is 322 g/mol. The van der Waals surface area contributed by atoms with Gasteiger partial charge in [0.25, 0.3) is 0 Å². The SMILES string of the molecule is O=C(Nc1ccccc1)C1CCN(C(=S)NC[C@@H]2CCCO2)CC1. The molecule has 3 rings (SSSR count). The minimum absolute atomic E-state index is 0.0578. The minimum atomic E-state index is 0.0578. The van der Waals surface area contributed by atoms with Crippen molar-refractivity contribution in [1.82, 2.24) is 10.2 Å². The number of nitrogens with zero attached hydrogens (tertiary/aromatic N) is 1.